The Labute approximate surface area is 103 Å². The molecule has 94 valence electrons. The van der Waals surface area contributed by atoms with Gasteiger partial charge in [0.2, 0.25) is 0 Å². The zero-order chi connectivity index (χ0) is 13.2. The van der Waals surface area contributed by atoms with Gasteiger partial charge in [-0.1, -0.05) is 0 Å². The van der Waals surface area contributed by atoms with Crippen LogP contribution in [0.3, 0.4) is 0 Å². The van der Waals surface area contributed by atoms with Gasteiger partial charge in [0.1, 0.15) is 0 Å². The van der Waals surface area contributed by atoms with Crippen LogP contribution >= 0.6 is 7.91 Å². The maximum absolute atomic E-state index is 12.6. The monoisotopic (exact) mass is 272 g/mol. The average molecular weight is 272 g/mol. The maximum atomic E-state index is 12.6. The molecule has 3 N–H and O–H groups in total. The third kappa shape index (κ3) is 6.80. The molecule has 0 saturated heterocycles. The van der Waals surface area contributed by atoms with Crippen molar-refractivity contribution in [2.75, 3.05) is 0 Å². The van der Waals surface area contributed by atoms with E-state index in [0.29, 0.717) is 0 Å². The molecular formula is C4H4F2LiO9P. The Balaban J connectivity index is 0. The fraction of sp³-hybridized carbons (Fsp3) is 0. The third-order valence-electron chi connectivity index (χ3n) is 0.809. The number of halogens is 2. The Morgan fingerprint density at radius 2 is 1.12 bits per heavy atom. The number of hydrogen-bond acceptors (Lipinski definition) is 7. The summed E-state index contributed by atoms with van der Waals surface area (Å²) in [5.74, 6) is -10.2. The van der Waals surface area contributed by atoms with Gasteiger partial charge in [-0.25, -0.2) is 0 Å². The van der Waals surface area contributed by atoms with Gasteiger partial charge >= 0.3 is 102 Å². The molecule has 17 heavy (non-hydrogen) atoms. The number of aliphatic carboxylic acids is 2. The summed E-state index contributed by atoms with van der Waals surface area (Å²) in [5.41, 5.74) is 0. The van der Waals surface area contributed by atoms with Crippen molar-refractivity contribution in [2.24, 2.45) is 0 Å². The molecule has 0 rings (SSSR count). The number of rotatable bonds is 2. The van der Waals surface area contributed by atoms with Crippen LogP contribution in [-0.2, 0) is 28.2 Å². The van der Waals surface area contributed by atoms with Crippen LogP contribution in [-0.4, -0.2) is 57.8 Å². The van der Waals surface area contributed by atoms with Gasteiger partial charge in [0.15, 0.2) is 0 Å². The molecule has 0 aromatic heterocycles. The molecule has 0 aromatic rings. The van der Waals surface area contributed by atoms with Gasteiger partial charge in [0.05, 0.1) is 0 Å². The van der Waals surface area contributed by atoms with Crippen LogP contribution in [0.15, 0.2) is 0 Å². The summed E-state index contributed by atoms with van der Waals surface area (Å²) >= 11 is 0. The Morgan fingerprint density at radius 1 is 0.882 bits per heavy atom. The fourth-order valence-corrected chi connectivity index (χ4v) is 1.09. The van der Waals surface area contributed by atoms with Crippen molar-refractivity contribution in [3.8, 4) is 0 Å². The summed E-state index contributed by atoms with van der Waals surface area (Å²) in [6, 6.07) is 0. The number of carboxylic acid groups (broad SMARTS) is 2. The first-order chi connectivity index (χ1) is 6.92. The van der Waals surface area contributed by atoms with Gasteiger partial charge in [0, 0.05) is 0 Å². The van der Waals surface area contributed by atoms with E-state index >= 15 is 0 Å². The van der Waals surface area contributed by atoms with E-state index in [1.165, 1.54) is 0 Å². The van der Waals surface area contributed by atoms with Crippen LogP contribution in [0.25, 0.3) is 0 Å². The van der Waals surface area contributed by atoms with E-state index < -0.39 is 31.8 Å². The van der Waals surface area contributed by atoms with Crippen molar-refractivity contribution < 1.29 is 51.7 Å². The second kappa shape index (κ2) is 5.37. The van der Waals surface area contributed by atoms with Crippen LogP contribution in [0.1, 0.15) is 0 Å². The first kappa shape index (κ1) is 18.1. The van der Waals surface area contributed by atoms with E-state index in [1.54, 1.807) is 0 Å². The predicted molar refractivity (Wildman–Crippen MR) is 46.0 cm³/mol. The number of carbonyl (C=O) groups excluding carboxylic acids is 2. The van der Waals surface area contributed by atoms with Crippen LogP contribution in [0.4, 0.5) is 8.39 Å². The molecule has 0 aromatic carbocycles. The van der Waals surface area contributed by atoms with Gasteiger partial charge in [-0.05, 0) is 0 Å². The third-order valence-corrected chi connectivity index (χ3v) is 1.73. The Kier molecular flexibility index (Phi) is 5.72. The zero-order valence-electron chi connectivity index (χ0n) is 6.99. The summed E-state index contributed by atoms with van der Waals surface area (Å²) in [6.45, 7) is 0. The SMILES string of the molecule is O=C(O)C(=O)OP(O)(F)(F)OC(=O)C(=O)O.[LiH]. The normalized spacial score (nSPS) is 12.3. The first-order valence-corrected chi connectivity index (χ1v) is 4.88. The van der Waals surface area contributed by atoms with Gasteiger partial charge in [-0.2, -0.15) is 0 Å². The molecule has 13 heteroatoms. The molecule has 0 fully saturated rings. The molecule has 0 aliphatic carbocycles. The summed E-state index contributed by atoms with van der Waals surface area (Å²) in [5, 5.41) is 15.7. The van der Waals surface area contributed by atoms with Crippen molar-refractivity contribution in [3.05, 3.63) is 0 Å². The predicted octanol–water partition coefficient (Wildman–Crippen LogP) is -1.35. The Hall–Kier alpha value is -1.27. The van der Waals surface area contributed by atoms with Crippen molar-refractivity contribution in [1.82, 2.24) is 0 Å². The van der Waals surface area contributed by atoms with Crippen LogP contribution in [0, 0.1) is 0 Å². The average Bonchev–Trinajstić information content (AvgIpc) is 2.00. The second-order valence-electron chi connectivity index (χ2n) is 2.10. The second-order valence-corrected chi connectivity index (χ2v) is 3.92. The summed E-state index contributed by atoms with van der Waals surface area (Å²) in [6.07, 6.45) is 0. The van der Waals surface area contributed by atoms with Crippen molar-refractivity contribution in [1.29, 1.82) is 0 Å². The molecule has 0 bridgehead atoms. The van der Waals surface area contributed by atoms with Crippen LogP contribution < -0.4 is 0 Å². The molecule has 0 amide bonds. The molecule has 0 unspecified atom stereocenters. The molecule has 0 aliphatic heterocycles. The molecule has 0 heterocycles. The molecular weight excluding hydrogens is 268 g/mol. The van der Waals surface area contributed by atoms with Crippen molar-refractivity contribution in [2.45, 2.75) is 0 Å². The van der Waals surface area contributed by atoms with E-state index in [2.05, 4.69) is 9.05 Å². The van der Waals surface area contributed by atoms with Crippen LogP contribution in [0.2, 0.25) is 0 Å². The zero-order valence-corrected chi connectivity index (χ0v) is 7.89. The Bertz CT molecular complexity index is 341. The first-order valence-electron chi connectivity index (χ1n) is 3.08. The number of carboxylic acids is 2. The minimum absolute atomic E-state index is 0. The van der Waals surface area contributed by atoms with Gasteiger partial charge in [-0.15, -0.1) is 0 Å². The fourth-order valence-electron chi connectivity index (χ4n) is 0.364. The van der Waals surface area contributed by atoms with Crippen molar-refractivity contribution >= 4 is 50.6 Å². The quantitative estimate of drug-likeness (QED) is 0.315. The summed E-state index contributed by atoms with van der Waals surface area (Å²) in [4.78, 5) is 48.1. The van der Waals surface area contributed by atoms with E-state index in [1.807, 2.05) is 0 Å². The summed E-state index contributed by atoms with van der Waals surface area (Å²) in [7, 11) is -7.89. The molecule has 0 radical (unpaired) electrons. The van der Waals surface area contributed by atoms with Gasteiger partial charge < -0.3 is 0 Å². The molecule has 0 spiro atoms. The molecule has 0 saturated carbocycles. The van der Waals surface area contributed by atoms with E-state index in [9.17, 15) is 27.6 Å². The standard InChI is InChI=1S/C4H3F2O9P.Li.H/c5-16(6,13,14-3(11)1(7)8)15-4(12)2(9)10;;/h13H,(H,7,8)(H,9,10);;. The van der Waals surface area contributed by atoms with E-state index in [0.717, 1.165) is 0 Å². The number of hydrogen-bond donors (Lipinski definition) is 3. The Morgan fingerprint density at radius 3 is 1.29 bits per heavy atom. The summed E-state index contributed by atoms with van der Waals surface area (Å²) < 4.78 is 30.6. The van der Waals surface area contributed by atoms with E-state index in [-0.39, 0.29) is 18.9 Å². The molecule has 0 atom stereocenters. The van der Waals surface area contributed by atoms with E-state index in [4.69, 9.17) is 15.1 Å². The van der Waals surface area contributed by atoms with Gasteiger partial charge in [0.25, 0.3) is 0 Å². The van der Waals surface area contributed by atoms with Gasteiger partial charge in [-0.3, -0.25) is 0 Å². The minimum atomic E-state index is -7.89. The molecule has 0 aliphatic rings. The molecule has 9 nitrogen and oxygen atoms in total. The number of carbonyl (C=O) groups is 4. The topological polar surface area (TPSA) is 147 Å². The van der Waals surface area contributed by atoms with Crippen molar-refractivity contribution in [3.63, 3.8) is 0 Å². The van der Waals surface area contributed by atoms with Crippen LogP contribution in [0.5, 0.6) is 0 Å².